The number of likely N-dealkylation sites (tertiary alicyclic amines) is 1. The quantitative estimate of drug-likeness (QED) is 0.369. The van der Waals surface area contributed by atoms with E-state index in [-0.39, 0.29) is 11.8 Å². The van der Waals surface area contributed by atoms with Gasteiger partial charge in [-0.2, -0.15) is 0 Å². The SMILES string of the molecule is CC1(C)CN(Cc2ccc(-c3ccon3)cc2)CC[C@]1(O)c1ccc2ncc(C3CCC(=O)NC3=O)cc2c1. The van der Waals surface area contributed by atoms with E-state index in [0.29, 0.717) is 19.3 Å². The van der Waals surface area contributed by atoms with E-state index < -0.39 is 16.9 Å². The van der Waals surface area contributed by atoms with Crippen molar-refractivity contribution in [1.82, 2.24) is 20.4 Å². The smallest absolute Gasteiger partial charge is 0.234 e. The third-order valence-electron chi connectivity index (χ3n) is 8.44. The predicted octanol–water partition coefficient (Wildman–Crippen LogP) is 4.53. The number of pyridine rings is 1. The van der Waals surface area contributed by atoms with Crippen LogP contribution < -0.4 is 5.32 Å². The minimum absolute atomic E-state index is 0.230. The Balaban J connectivity index is 1.20. The molecule has 8 nitrogen and oxygen atoms in total. The lowest BCUT2D eigenvalue weighted by molar-refractivity contribution is -0.134. The number of carbonyl (C=O) groups is 2. The van der Waals surface area contributed by atoms with Crippen LogP contribution in [0.3, 0.4) is 0 Å². The molecular formula is C31H32N4O4. The molecule has 0 saturated carbocycles. The zero-order chi connectivity index (χ0) is 27.2. The molecule has 39 heavy (non-hydrogen) atoms. The van der Waals surface area contributed by atoms with E-state index in [4.69, 9.17) is 4.52 Å². The minimum atomic E-state index is -1.01. The fourth-order valence-corrected chi connectivity index (χ4v) is 6.11. The standard InChI is InChI=1S/C31H32N4O4/c1-30(2)19-35(18-20-3-5-21(6-4-20)27-11-14-39-34-27)13-12-31(30,38)24-7-9-26-22(16-24)15-23(17-32-26)25-8-10-28(36)33-29(25)37/h3-7,9,11,14-17,25,38H,8,10,12-13,18-19H2,1-2H3,(H,33,36,37)/t25?,31-/m0/s1. The molecule has 2 aromatic heterocycles. The summed E-state index contributed by atoms with van der Waals surface area (Å²) >= 11 is 0. The van der Waals surface area contributed by atoms with Crippen LogP contribution in [-0.2, 0) is 21.7 Å². The number of rotatable bonds is 5. The summed E-state index contributed by atoms with van der Waals surface area (Å²) in [6.07, 6.45) is 4.70. The van der Waals surface area contributed by atoms with Gasteiger partial charge in [-0.25, -0.2) is 0 Å². The van der Waals surface area contributed by atoms with Gasteiger partial charge in [0.05, 0.1) is 17.0 Å². The van der Waals surface area contributed by atoms with Crippen molar-refractivity contribution in [2.45, 2.75) is 51.2 Å². The molecule has 200 valence electrons. The van der Waals surface area contributed by atoms with Crippen LogP contribution in [0.15, 0.2) is 71.6 Å². The molecule has 1 unspecified atom stereocenters. The van der Waals surface area contributed by atoms with Crippen molar-refractivity contribution in [2.75, 3.05) is 13.1 Å². The van der Waals surface area contributed by atoms with Crippen LogP contribution in [0.4, 0.5) is 0 Å². The average Bonchev–Trinajstić information content (AvgIpc) is 3.46. The summed E-state index contributed by atoms with van der Waals surface area (Å²) in [4.78, 5) is 31.0. The maximum absolute atomic E-state index is 12.4. The van der Waals surface area contributed by atoms with E-state index in [1.807, 2.05) is 30.3 Å². The normalized spacial score (nSPS) is 23.6. The van der Waals surface area contributed by atoms with Gasteiger partial charge in [-0.1, -0.05) is 49.3 Å². The predicted molar refractivity (Wildman–Crippen MR) is 146 cm³/mol. The second-order valence-electron chi connectivity index (χ2n) is 11.5. The van der Waals surface area contributed by atoms with Gasteiger partial charge in [-0.05, 0) is 47.7 Å². The van der Waals surface area contributed by atoms with Crippen molar-refractivity contribution in [1.29, 1.82) is 0 Å². The molecule has 2 fully saturated rings. The monoisotopic (exact) mass is 524 g/mol. The Morgan fingerprint density at radius 3 is 2.64 bits per heavy atom. The summed E-state index contributed by atoms with van der Waals surface area (Å²) in [7, 11) is 0. The average molecular weight is 525 g/mol. The summed E-state index contributed by atoms with van der Waals surface area (Å²) in [6, 6.07) is 18.1. The maximum Gasteiger partial charge on any atom is 0.234 e. The molecule has 8 heteroatoms. The summed E-state index contributed by atoms with van der Waals surface area (Å²) in [5.74, 6) is -0.897. The molecule has 4 heterocycles. The number of nitrogens with one attached hydrogen (secondary N) is 1. The van der Waals surface area contributed by atoms with Crippen molar-refractivity contribution in [3.63, 3.8) is 0 Å². The molecule has 0 bridgehead atoms. The maximum atomic E-state index is 12.4. The highest BCUT2D eigenvalue weighted by Crippen LogP contribution is 2.47. The van der Waals surface area contributed by atoms with E-state index in [2.05, 4.69) is 58.5 Å². The topological polar surface area (TPSA) is 109 Å². The molecule has 2 N–H and O–H groups in total. The lowest BCUT2D eigenvalue weighted by Crippen LogP contribution is -2.55. The zero-order valence-corrected chi connectivity index (χ0v) is 22.2. The van der Waals surface area contributed by atoms with E-state index in [1.165, 1.54) is 5.56 Å². The fourth-order valence-electron chi connectivity index (χ4n) is 6.11. The van der Waals surface area contributed by atoms with E-state index in [1.54, 1.807) is 12.5 Å². The molecule has 0 radical (unpaired) electrons. The number of nitrogens with zero attached hydrogens (tertiary/aromatic N) is 3. The Labute approximate surface area is 227 Å². The Bertz CT molecular complexity index is 1530. The van der Waals surface area contributed by atoms with Crippen molar-refractivity contribution >= 4 is 22.7 Å². The molecule has 0 aliphatic carbocycles. The number of hydrogen-bond acceptors (Lipinski definition) is 7. The second-order valence-corrected chi connectivity index (χ2v) is 11.5. The van der Waals surface area contributed by atoms with Crippen LogP contribution in [0.1, 0.15) is 55.7 Å². The van der Waals surface area contributed by atoms with Crippen LogP contribution in [0.25, 0.3) is 22.2 Å². The first-order valence-corrected chi connectivity index (χ1v) is 13.4. The van der Waals surface area contributed by atoms with E-state index >= 15 is 0 Å². The molecule has 0 spiro atoms. The fraction of sp³-hybridized carbons (Fsp3) is 0.355. The van der Waals surface area contributed by atoms with Gasteiger partial charge in [-0.15, -0.1) is 0 Å². The number of hydrogen-bond donors (Lipinski definition) is 2. The largest absolute Gasteiger partial charge is 0.385 e. The van der Waals surface area contributed by atoms with Gasteiger partial charge in [0.2, 0.25) is 11.8 Å². The number of imide groups is 1. The summed E-state index contributed by atoms with van der Waals surface area (Å²) in [5.41, 5.74) is 4.09. The zero-order valence-electron chi connectivity index (χ0n) is 22.2. The van der Waals surface area contributed by atoms with Gasteiger partial charge in [-0.3, -0.25) is 24.8 Å². The number of amides is 2. The highest BCUT2D eigenvalue weighted by molar-refractivity contribution is 6.01. The summed E-state index contributed by atoms with van der Waals surface area (Å²) < 4.78 is 4.95. The molecular weight excluding hydrogens is 492 g/mol. The highest BCUT2D eigenvalue weighted by atomic mass is 16.5. The lowest BCUT2D eigenvalue weighted by Gasteiger charge is -2.50. The van der Waals surface area contributed by atoms with Gasteiger partial charge in [0.25, 0.3) is 0 Å². The number of aliphatic hydroxyl groups is 1. The van der Waals surface area contributed by atoms with Crippen LogP contribution >= 0.6 is 0 Å². The number of carbonyl (C=O) groups excluding carboxylic acids is 2. The molecule has 2 saturated heterocycles. The molecule has 2 atom stereocenters. The van der Waals surface area contributed by atoms with Crippen molar-refractivity contribution < 1.29 is 19.2 Å². The number of fused-ring (bicyclic) bond motifs is 1. The number of benzene rings is 2. The first-order valence-electron chi connectivity index (χ1n) is 13.4. The second kappa shape index (κ2) is 9.70. The Hall–Kier alpha value is -3.88. The number of piperidine rings is 2. The van der Waals surface area contributed by atoms with Gasteiger partial charge in [0.15, 0.2) is 0 Å². The van der Waals surface area contributed by atoms with Crippen LogP contribution in [0.2, 0.25) is 0 Å². The minimum Gasteiger partial charge on any atom is -0.385 e. The van der Waals surface area contributed by atoms with Crippen molar-refractivity contribution in [3.8, 4) is 11.3 Å². The van der Waals surface area contributed by atoms with Gasteiger partial charge in [0.1, 0.15) is 12.0 Å². The summed E-state index contributed by atoms with van der Waals surface area (Å²) in [5, 5.41) is 19.4. The Kier molecular flexibility index (Phi) is 6.32. The molecule has 4 aromatic rings. The van der Waals surface area contributed by atoms with Crippen LogP contribution in [0, 0.1) is 5.41 Å². The molecule has 2 amide bonds. The number of aromatic nitrogens is 2. The third kappa shape index (κ3) is 4.75. The summed E-state index contributed by atoms with van der Waals surface area (Å²) in [6.45, 7) is 6.54. The van der Waals surface area contributed by atoms with Gasteiger partial charge >= 0.3 is 0 Å². The first-order chi connectivity index (χ1) is 18.7. The van der Waals surface area contributed by atoms with Crippen LogP contribution in [0.5, 0.6) is 0 Å². The molecule has 2 aliphatic heterocycles. The first kappa shape index (κ1) is 25.4. The molecule has 6 rings (SSSR count). The molecule has 2 aliphatic rings. The Morgan fingerprint density at radius 1 is 1.10 bits per heavy atom. The van der Waals surface area contributed by atoms with Gasteiger partial charge < -0.3 is 9.63 Å². The Morgan fingerprint density at radius 2 is 1.92 bits per heavy atom. The van der Waals surface area contributed by atoms with Crippen molar-refractivity contribution in [3.05, 3.63) is 83.7 Å². The van der Waals surface area contributed by atoms with Crippen LogP contribution in [-0.4, -0.2) is 45.1 Å². The van der Waals surface area contributed by atoms with Gasteiger partial charge in [0, 0.05) is 54.7 Å². The lowest BCUT2D eigenvalue weighted by atomic mass is 9.66. The van der Waals surface area contributed by atoms with E-state index in [0.717, 1.165) is 52.9 Å². The van der Waals surface area contributed by atoms with Crippen molar-refractivity contribution in [2.24, 2.45) is 5.41 Å². The molecule has 2 aromatic carbocycles. The highest BCUT2D eigenvalue weighted by Gasteiger charge is 2.48. The van der Waals surface area contributed by atoms with E-state index in [9.17, 15) is 14.7 Å². The third-order valence-corrected chi connectivity index (χ3v) is 8.44.